The summed E-state index contributed by atoms with van der Waals surface area (Å²) in [5.74, 6) is 2.55. The summed E-state index contributed by atoms with van der Waals surface area (Å²) in [6.45, 7) is 2.85. The fourth-order valence-electron chi connectivity index (χ4n) is 4.20. The van der Waals surface area contributed by atoms with Gasteiger partial charge in [-0.25, -0.2) is 0 Å². The van der Waals surface area contributed by atoms with Gasteiger partial charge in [0.2, 0.25) is 12.6 Å². The lowest BCUT2D eigenvalue weighted by molar-refractivity contribution is 0.174. The highest BCUT2D eigenvalue weighted by molar-refractivity contribution is 7.80. The van der Waals surface area contributed by atoms with Gasteiger partial charge in [0.05, 0.1) is 23.0 Å². The number of hydrogen-bond acceptors (Lipinski definition) is 7. The van der Waals surface area contributed by atoms with E-state index in [9.17, 15) is 0 Å². The lowest BCUT2D eigenvalue weighted by Gasteiger charge is -2.37. The van der Waals surface area contributed by atoms with Gasteiger partial charge in [-0.3, -0.25) is 0 Å². The largest absolute Gasteiger partial charge is 0.454 e. The van der Waals surface area contributed by atoms with Gasteiger partial charge in [-0.1, -0.05) is 47.6 Å². The zero-order valence-corrected chi connectivity index (χ0v) is 19.9. The maximum absolute atomic E-state index is 5.81. The molecule has 9 heteroatoms. The molecule has 0 spiro atoms. The van der Waals surface area contributed by atoms with Crippen molar-refractivity contribution in [1.82, 2.24) is 20.4 Å². The number of ether oxygens (including phenoxy) is 2. The molecular weight excluding hydrogens is 468 g/mol. The molecule has 0 saturated heterocycles. The van der Waals surface area contributed by atoms with Gasteiger partial charge in [-0.15, -0.1) is 11.3 Å². The molecule has 170 valence electrons. The van der Waals surface area contributed by atoms with Gasteiger partial charge in [-0.2, -0.15) is 4.98 Å². The van der Waals surface area contributed by atoms with Gasteiger partial charge in [0.15, 0.2) is 16.6 Å². The van der Waals surface area contributed by atoms with Crippen LogP contribution >= 0.6 is 23.6 Å². The van der Waals surface area contributed by atoms with E-state index in [1.54, 1.807) is 11.3 Å². The highest BCUT2D eigenvalue weighted by Gasteiger charge is 2.34. The molecular formula is C25H20N4O3S2. The van der Waals surface area contributed by atoms with Crippen LogP contribution in [0.2, 0.25) is 0 Å². The van der Waals surface area contributed by atoms with E-state index in [1.807, 2.05) is 60.8 Å². The Labute approximate surface area is 205 Å². The molecule has 0 fully saturated rings. The molecule has 0 aliphatic carbocycles. The normalized spacial score (nSPS) is 17.3. The number of aromatic nitrogens is 2. The number of allylic oxidation sites excluding steroid dienone is 1. The first-order chi connectivity index (χ1) is 16.7. The smallest absolute Gasteiger partial charge is 0.258 e. The Morgan fingerprint density at radius 2 is 1.94 bits per heavy atom. The Morgan fingerprint density at radius 1 is 1.09 bits per heavy atom. The number of nitrogens with one attached hydrogen (secondary N) is 1. The van der Waals surface area contributed by atoms with Crippen LogP contribution in [0.1, 0.15) is 30.0 Å². The van der Waals surface area contributed by atoms with E-state index in [-0.39, 0.29) is 12.8 Å². The molecule has 6 rings (SSSR count). The molecule has 2 aliphatic heterocycles. The SMILES string of the molecule is CC1=C(c2nc(-c3cccs3)no2)C(c2ccccc2)NC(=S)N1Cc1ccc2c(c1)OCO2. The van der Waals surface area contributed by atoms with Gasteiger partial charge in [0.25, 0.3) is 5.89 Å². The van der Waals surface area contributed by atoms with Crippen LogP contribution in [0.25, 0.3) is 16.3 Å². The summed E-state index contributed by atoms with van der Waals surface area (Å²) in [5.41, 5.74) is 3.97. The number of rotatable bonds is 5. The molecule has 4 aromatic rings. The summed E-state index contributed by atoms with van der Waals surface area (Å²) in [7, 11) is 0. The molecule has 2 aliphatic rings. The summed E-state index contributed by atoms with van der Waals surface area (Å²) in [6.07, 6.45) is 0. The molecule has 0 amide bonds. The number of benzene rings is 2. The predicted molar refractivity (Wildman–Crippen MR) is 133 cm³/mol. The van der Waals surface area contributed by atoms with Crippen molar-refractivity contribution in [1.29, 1.82) is 0 Å². The highest BCUT2D eigenvalue weighted by atomic mass is 32.1. The molecule has 4 heterocycles. The quantitative estimate of drug-likeness (QED) is 0.375. The number of hydrogen-bond donors (Lipinski definition) is 1. The van der Waals surface area contributed by atoms with Crippen molar-refractivity contribution in [3.05, 3.63) is 88.8 Å². The Kier molecular flexibility index (Phi) is 5.27. The maximum Gasteiger partial charge on any atom is 0.258 e. The molecule has 1 atom stereocenters. The fourth-order valence-corrected chi connectivity index (χ4v) is 5.17. The van der Waals surface area contributed by atoms with Gasteiger partial charge >= 0.3 is 0 Å². The van der Waals surface area contributed by atoms with Crippen LogP contribution in [-0.4, -0.2) is 26.9 Å². The van der Waals surface area contributed by atoms with Crippen LogP contribution in [0.3, 0.4) is 0 Å². The Balaban J connectivity index is 1.42. The zero-order chi connectivity index (χ0) is 23.1. The first-order valence-corrected chi connectivity index (χ1v) is 12.1. The van der Waals surface area contributed by atoms with Gasteiger partial charge in [0, 0.05) is 5.70 Å². The minimum absolute atomic E-state index is 0.210. The standard InChI is InChI=1S/C25H20N4O3S2/c1-15-21(24-27-23(28-32-24)20-8-5-11-34-20)22(17-6-3-2-4-7-17)26-25(33)29(15)13-16-9-10-18-19(12-16)31-14-30-18/h2-12,22H,13-14H2,1H3,(H,26,33). The molecule has 2 aromatic heterocycles. The second-order valence-corrected chi connectivity index (χ2v) is 9.30. The van der Waals surface area contributed by atoms with Gasteiger partial charge in [0.1, 0.15) is 0 Å². The van der Waals surface area contributed by atoms with Crippen LogP contribution in [0.5, 0.6) is 11.5 Å². The summed E-state index contributed by atoms with van der Waals surface area (Å²) in [5, 5.41) is 10.4. The minimum atomic E-state index is -0.210. The van der Waals surface area contributed by atoms with Crippen molar-refractivity contribution in [3.8, 4) is 22.2 Å². The number of thiocarbonyl (C=S) groups is 1. The lowest BCUT2D eigenvalue weighted by Crippen LogP contribution is -2.45. The second-order valence-electron chi connectivity index (χ2n) is 7.97. The average Bonchev–Trinajstić information content (AvgIpc) is 3.63. The Hall–Kier alpha value is -3.69. The van der Waals surface area contributed by atoms with Crippen LogP contribution < -0.4 is 14.8 Å². The second kappa shape index (κ2) is 8.58. The van der Waals surface area contributed by atoms with Crippen molar-refractivity contribution in [2.75, 3.05) is 6.79 Å². The molecule has 34 heavy (non-hydrogen) atoms. The third-order valence-electron chi connectivity index (χ3n) is 5.90. The van der Waals surface area contributed by atoms with Crippen LogP contribution in [0.15, 0.2) is 76.3 Å². The van der Waals surface area contributed by atoms with Crippen molar-refractivity contribution in [3.63, 3.8) is 0 Å². The summed E-state index contributed by atoms with van der Waals surface area (Å²) >= 11 is 7.39. The first kappa shape index (κ1) is 20.9. The monoisotopic (exact) mass is 488 g/mol. The summed E-state index contributed by atoms with van der Waals surface area (Å²) in [6, 6.07) is 19.8. The van der Waals surface area contributed by atoms with E-state index in [4.69, 9.17) is 31.2 Å². The summed E-state index contributed by atoms with van der Waals surface area (Å²) in [4.78, 5) is 7.76. The number of nitrogens with zero attached hydrogens (tertiary/aromatic N) is 3. The third kappa shape index (κ3) is 3.72. The van der Waals surface area contributed by atoms with E-state index >= 15 is 0 Å². The molecule has 0 saturated carbocycles. The molecule has 2 aromatic carbocycles. The van der Waals surface area contributed by atoms with E-state index in [0.29, 0.717) is 23.4 Å². The van der Waals surface area contributed by atoms with Crippen molar-refractivity contribution in [2.24, 2.45) is 0 Å². The van der Waals surface area contributed by atoms with Crippen LogP contribution in [-0.2, 0) is 6.54 Å². The topological polar surface area (TPSA) is 72.7 Å². The summed E-state index contributed by atoms with van der Waals surface area (Å²) < 4.78 is 16.8. The van der Waals surface area contributed by atoms with Crippen LogP contribution in [0.4, 0.5) is 0 Å². The fraction of sp³-hybridized carbons (Fsp3) is 0.160. The predicted octanol–water partition coefficient (Wildman–Crippen LogP) is 5.39. The third-order valence-corrected chi connectivity index (χ3v) is 7.11. The van der Waals surface area contributed by atoms with E-state index < -0.39 is 0 Å². The van der Waals surface area contributed by atoms with Crippen molar-refractivity contribution < 1.29 is 14.0 Å². The molecule has 0 radical (unpaired) electrons. The van der Waals surface area contributed by atoms with E-state index in [1.165, 1.54) is 0 Å². The first-order valence-electron chi connectivity index (χ1n) is 10.8. The van der Waals surface area contributed by atoms with E-state index in [2.05, 4.69) is 27.5 Å². The Bertz CT molecular complexity index is 1380. The minimum Gasteiger partial charge on any atom is -0.454 e. The van der Waals surface area contributed by atoms with Crippen molar-refractivity contribution in [2.45, 2.75) is 19.5 Å². The lowest BCUT2D eigenvalue weighted by atomic mass is 9.94. The number of thiophene rings is 1. The molecule has 1 N–H and O–H groups in total. The maximum atomic E-state index is 5.81. The van der Waals surface area contributed by atoms with Crippen LogP contribution in [0, 0.1) is 0 Å². The Morgan fingerprint density at radius 3 is 2.76 bits per heavy atom. The molecule has 7 nitrogen and oxygen atoms in total. The molecule has 0 bridgehead atoms. The molecule has 1 unspecified atom stereocenters. The average molecular weight is 489 g/mol. The van der Waals surface area contributed by atoms with E-state index in [0.717, 1.165) is 38.8 Å². The van der Waals surface area contributed by atoms with Crippen molar-refractivity contribution >= 4 is 34.2 Å². The number of fused-ring (bicyclic) bond motifs is 1. The zero-order valence-electron chi connectivity index (χ0n) is 18.2. The van der Waals surface area contributed by atoms with Gasteiger partial charge in [-0.05, 0) is 53.8 Å². The van der Waals surface area contributed by atoms with Gasteiger partial charge < -0.3 is 24.2 Å². The highest BCUT2D eigenvalue weighted by Crippen LogP contribution is 2.39.